The number of anilines is 1. The maximum absolute atomic E-state index is 12.2. The molecule has 0 radical (unpaired) electrons. The molecule has 0 saturated carbocycles. The van der Waals surface area contributed by atoms with E-state index in [1.807, 2.05) is 60.0 Å². The van der Waals surface area contributed by atoms with Gasteiger partial charge in [0.05, 0.1) is 11.4 Å². The second kappa shape index (κ2) is 8.88. The molecule has 2 aromatic carbocycles. The maximum atomic E-state index is 12.2. The molecular weight excluding hydrogens is 483 g/mol. The van der Waals surface area contributed by atoms with Crippen molar-refractivity contribution < 1.29 is 4.79 Å². The van der Waals surface area contributed by atoms with E-state index in [1.165, 1.54) is 11.8 Å². The summed E-state index contributed by atoms with van der Waals surface area (Å²) in [6.07, 6.45) is 0. The summed E-state index contributed by atoms with van der Waals surface area (Å²) in [5.41, 5.74) is 1.76. The lowest BCUT2D eigenvalue weighted by molar-refractivity contribution is -0.113. The van der Waals surface area contributed by atoms with Crippen molar-refractivity contribution in [3.8, 4) is 11.4 Å². The first-order valence-corrected chi connectivity index (χ1v) is 10.4. The number of benzene rings is 2. The minimum Gasteiger partial charge on any atom is -0.324 e. The van der Waals surface area contributed by atoms with E-state index in [2.05, 4.69) is 38.1 Å². The van der Waals surface area contributed by atoms with Crippen molar-refractivity contribution in [1.29, 1.82) is 0 Å². The molecule has 0 bridgehead atoms. The molecule has 134 valence electrons. The van der Waals surface area contributed by atoms with E-state index in [1.54, 1.807) is 0 Å². The van der Waals surface area contributed by atoms with Gasteiger partial charge in [0.1, 0.15) is 0 Å². The molecule has 5 nitrogen and oxygen atoms in total. The van der Waals surface area contributed by atoms with Gasteiger partial charge in [-0.25, -0.2) is 0 Å². The zero-order chi connectivity index (χ0) is 18.5. The Morgan fingerprint density at radius 1 is 1.19 bits per heavy atom. The first kappa shape index (κ1) is 19.2. The molecule has 0 aliphatic carbocycles. The smallest absolute Gasteiger partial charge is 0.234 e. The van der Waals surface area contributed by atoms with Gasteiger partial charge >= 0.3 is 0 Å². The predicted molar refractivity (Wildman–Crippen MR) is 115 cm³/mol. The van der Waals surface area contributed by atoms with Crippen LogP contribution in [0.4, 0.5) is 5.69 Å². The molecule has 0 spiro atoms. The van der Waals surface area contributed by atoms with E-state index in [-0.39, 0.29) is 11.7 Å². The number of rotatable bonds is 6. The van der Waals surface area contributed by atoms with Crippen LogP contribution in [0.1, 0.15) is 6.92 Å². The van der Waals surface area contributed by atoms with Crippen molar-refractivity contribution in [3.63, 3.8) is 0 Å². The Kier molecular flexibility index (Phi) is 6.55. The average molecular weight is 499 g/mol. The number of nitrogens with zero attached hydrogens (tertiary/aromatic N) is 3. The van der Waals surface area contributed by atoms with E-state index in [0.717, 1.165) is 25.8 Å². The van der Waals surface area contributed by atoms with Gasteiger partial charge < -0.3 is 9.88 Å². The van der Waals surface area contributed by atoms with Crippen LogP contribution in [0.2, 0.25) is 5.02 Å². The second-order valence-corrected chi connectivity index (χ2v) is 7.92. The number of aromatic nitrogens is 3. The van der Waals surface area contributed by atoms with Gasteiger partial charge in [-0.3, -0.25) is 4.79 Å². The summed E-state index contributed by atoms with van der Waals surface area (Å²) in [5.74, 6) is 0.964. The molecule has 8 heteroatoms. The Hall–Kier alpha value is -1.58. The Balaban J connectivity index is 1.69. The molecule has 0 aliphatic rings. The topological polar surface area (TPSA) is 59.8 Å². The van der Waals surface area contributed by atoms with Gasteiger partial charge in [0.2, 0.25) is 5.91 Å². The number of thioether (sulfide) groups is 1. The zero-order valence-electron chi connectivity index (χ0n) is 13.9. The standard InChI is InChI=1S/C18H16ClIN4OS/c1-2-24-17(12-7-9-13(19)10-8-12)22-23-18(24)26-11-16(25)21-15-6-4-3-5-14(15)20/h3-10H,2,11H2,1H3,(H,21,25). The lowest BCUT2D eigenvalue weighted by Gasteiger charge is -2.08. The van der Waals surface area contributed by atoms with E-state index in [0.29, 0.717) is 11.6 Å². The Morgan fingerprint density at radius 3 is 2.62 bits per heavy atom. The molecule has 1 aromatic heterocycles. The quantitative estimate of drug-likeness (QED) is 0.386. The molecule has 1 N–H and O–H groups in total. The van der Waals surface area contributed by atoms with Gasteiger partial charge in [0, 0.05) is 20.7 Å². The van der Waals surface area contributed by atoms with Gasteiger partial charge in [-0.15, -0.1) is 10.2 Å². The molecule has 1 amide bonds. The third-order valence-electron chi connectivity index (χ3n) is 3.62. The SMILES string of the molecule is CCn1c(SCC(=O)Nc2ccccc2I)nnc1-c1ccc(Cl)cc1. The van der Waals surface area contributed by atoms with Crippen molar-refractivity contribution in [3.05, 3.63) is 57.1 Å². The monoisotopic (exact) mass is 498 g/mol. The van der Waals surface area contributed by atoms with E-state index in [9.17, 15) is 4.79 Å². The zero-order valence-corrected chi connectivity index (χ0v) is 17.7. The fraction of sp³-hybridized carbons (Fsp3) is 0.167. The summed E-state index contributed by atoms with van der Waals surface area (Å²) in [7, 11) is 0. The molecule has 26 heavy (non-hydrogen) atoms. The molecule has 0 aliphatic heterocycles. The fourth-order valence-electron chi connectivity index (χ4n) is 2.37. The molecule has 0 unspecified atom stereocenters. The van der Waals surface area contributed by atoms with Crippen LogP contribution in [0.5, 0.6) is 0 Å². The molecule has 0 fully saturated rings. The first-order valence-electron chi connectivity index (χ1n) is 7.94. The third kappa shape index (κ3) is 4.57. The minimum atomic E-state index is -0.0715. The minimum absolute atomic E-state index is 0.0715. The molecule has 0 saturated heterocycles. The Labute approximate surface area is 174 Å². The van der Waals surface area contributed by atoms with Crippen LogP contribution in [-0.2, 0) is 11.3 Å². The average Bonchev–Trinajstić information content (AvgIpc) is 3.05. The highest BCUT2D eigenvalue weighted by Crippen LogP contribution is 2.25. The highest BCUT2D eigenvalue weighted by Gasteiger charge is 2.15. The second-order valence-electron chi connectivity index (χ2n) is 5.37. The predicted octanol–water partition coefficient (Wildman–Crippen LogP) is 4.95. The molecule has 3 rings (SSSR count). The van der Waals surface area contributed by atoms with Gasteiger partial charge in [0.25, 0.3) is 0 Å². The number of carbonyl (C=O) groups excluding carboxylic acids is 1. The molecule has 0 atom stereocenters. The van der Waals surface area contributed by atoms with Crippen LogP contribution in [0.15, 0.2) is 53.7 Å². The highest BCUT2D eigenvalue weighted by atomic mass is 127. The first-order chi connectivity index (χ1) is 12.6. The summed E-state index contributed by atoms with van der Waals surface area (Å²) < 4.78 is 3.00. The maximum Gasteiger partial charge on any atom is 0.234 e. The third-order valence-corrected chi connectivity index (χ3v) is 5.78. The summed E-state index contributed by atoms with van der Waals surface area (Å²) in [6.45, 7) is 2.74. The number of nitrogens with one attached hydrogen (secondary N) is 1. The number of hydrogen-bond acceptors (Lipinski definition) is 4. The van der Waals surface area contributed by atoms with E-state index < -0.39 is 0 Å². The van der Waals surface area contributed by atoms with Crippen LogP contribution >= 0.6 is 46.0 Å². The summed E-state index contributed by atoms with van der Waals surface area (Å²) in [5, 5.41) is 12.8. The normalized spacial score (nSPS) is 10.7. The Bertz CT molecular complexity index is 914. The Morgan fingerprint density at radius 2 is 1.92 bits per heavy atom. The summed E-state index contributed by atoms with van der Waals surface area (Å²) in [4.78, 5) is 12.2. The molecule has 1 heterocycles. The van der Waals surface area contributed by atoms with Crippen LogP contribution in [0, 0.1) is 3.57 Å². The highest BCUT2D eigenvalue weighted by molar-refractivity contribution is 14.1. The number of carbonyl (C=O) groups is 1. The molecule has 3 aromatic rings. The fourth-order valence-corrected chi connectivity index (χ4v) is 3.82. The van der Waals surface area contributed by atoms with Crippen LogP contribution in [-0.4, -0.2) is 26.4 Å². The van der Waals surface area contributed by atoms with Crippen molar-refractivity contribution in [1.82, 2.24) is 14.8 Å². The largest absolute Gasteiger partial charge is 0.324 e. The van der Waals surface area contributed by atoms with Gasteiger partial charge in [0.15, 0.2) is 11.0 Å². The lowest BCUT2D eigenvalue weighted by Crippen LogP contribution is -2.15. The summed E-state index contributed by atoms with van der Waals surface area (Å²) in [6, 6.07) is 15.2. The van der Waals surface area contributed by atoms with Crippen molar-refractivity contribution in [2.24, 2.45) is 0 Å². The van der Waals surface area contributed by atoms with Gasteiger partial charge in [-0.05, 0) is 65.9 Å². The van der Waals surface area contributed by atoms with Crippen LogP contribution in [0.25, 0.3) is 11.4 Å². The number of para-hydroxylation sites is 1. The lowest BCUT2D eigenvalue weighted by atomic mass is 10.2. The van der Waals surface area contributed by atoms with E-state index >= 15 is 0 Å². The van der Waals surface area contributed by atoms with Crippen LogP contribution < -0.4 is 5.32 Å². The summed E-state index contributed by atoms with van der Waals surface area (Å²) >= 11 is 9.52. The molecular formula is C18H16ClIN4OS. The van der Waals surface area contributed by atoms with Crippen molar-refractivity contribution in [2.45, 2.75) is 18.6 Å². The van der Waals surface area contributed by atoms with Crippen molar-refractivity contribution in [2.75, 3.05) is 11.1 Å². The number of amides is 1. The number of hydrogen-bond donors (Lipinski definition) is 1. The van der Waals surface area contributed by atoms with E-state index in [4.69, 9.17) is 11.6 Å². The van der Waals surface area contributed by atoms with Gasteiger partial charge in [-0.2, -0.15) is 0 Å². The van der Waals surface area contributed by atoms with Crippen molar-refractivity contribution >= 4 is 57.5 Å². The number of halogens is 2. The van der Waals surface area contributed by atoms with Crippen LogP contribution in [0.3, 0.4) is 0 Å². The van der Waals surface area contributed by atoms with Gasteiger partial charge in [-0.1, -0.05) is 35.5 Å².